The van der Waals surface area contributed by atoms with Crippen molar-refractivity contribution in [3.05, 3.63) is 27.3 Å². The number of amides is 2. The number of nitrogens with one attached hydrogen (secondary N) is 2. The summed E-state index contributed by atoms with van der Waals surface area (Å²) >= 11 is 2.22. The van der Waals surface area contributed by atoms with Gasteiger partial charge in [-0.3, -0.25) is 5.32 Å². The molecule has 1 heterocycles. The van der Waals surface area contributed by atoms with E-state index in [0.29, 0.717) is 0 Å². The van der Waals surface area contributed by atoms with E-state index in [4.69, 9.17) is 0 Å². The molecule has 0 aliphatic carbocycles. The minimum absolute atomic E-state index is 0.0963. The van der Waals surface area contributed by atoms with Crippen molar-refractivity contribution in [3.63, 3.8) is 0 Å². The van der Waals surface area contributed by atoms with E-state index in [1.807, 2.05) is 39.0 Å². The minimum atomic E-state index is -0.390. The Kier molecular flexibility index (Phi) is 4.53. The van der Waals surface area contributed by atoms with Crippen LogP contribution >= 0.6 is 22.6 Å². The van der Waals surface area contributed by atoms with Crippen LogP contribution in [0.5, 0.6) is 0 Å². The molecule has 20 heavy (non-hydrogen) atoms. The van der Waals surface area contributed by atoms with Gasteiger partial charge in [0.2, 0.25) is 0 Å². The fourth-order valence-corrected chi connectivity index (χ4v) is 1.99. The zero-order valence-electron chi connectivity index (χ0n) is 11.4. The molecule has 2 amide bonds. The van der Waals surface area contributed by atoms with Crippen LogP contribution in [0.1, 0.15) is 25.5 Å². The van der Waals surface area contributed by atoms with Crippen LogP contribution in [0.4, 0.5) is 16.4 Å². The first kappa shape index (κ1) is 14.7. The van der Waals surface area contributed by atoms with Crippen molar-refractivity contribution in [1.29, 1.82) is 0 Å². The first-order valence-corrected chi connectivity index (χ1v) is 7.18. The van der Waals surface area contributed by atoms with Crippen LogP contribution in [-0.4, -0.2) is 26.2 Å². The van der Waals surface area contributed by atoms with Crippen molar-refractivity contribution < 1.29 is 4.79 Å². The van der Waals surface area contributed by atoms with Crippen LogP contribution in [-0.2, 0) is 0 Å². The highest BCUT2D eigenvalue weighted by atomic mass is 127. The van der Waals surface area contributed by atoms with Crippen molar-refractivity contribution in [2.45, 2.75) is 26.8 Å². The number of aromatic nitrogens is 4. The molecule has 2 N–H and O–H groups in total. The van der Waals surface area contributed by atoms with Gasteiger partial charge >= 0.3 is 6.03 Å². The average Bonchev–Trinajstić information content (AvgIpc) is 2.83. The highest BCUT2D eigenvalue weighted by Gasteiger charge is 2.10. The first-order valence-electron chi connectivity index (χ1n) is 6.10. The normalized spacial score (nSPS) is 10.7. The number of rotatable bonds is 3. The predicted octanol–water partition coefficient (Wildman–Crippen LogP) is 2.81. The van der Waals surface area contributed by atoms with Gasteiger partial charge in [0.25, 0.3) is 5.95 Å². The average molecular weight is 386 g/mol. The van der Waals surface area contributed by atoms with Gasteiger partial charge in [-0.05, 0) is 66.3 Å². The summed E-state index contributed by atoms with van der Waals surface area (Å²) in [5, 5.41) is 17.0. The number of carbonyl (C=O) groups is 1. The number of benzene rings is 1. The maximum absolute atomic E-state index is 11.9. The third kappa shape index (κ3) is 3.44. The van der Waals surface area contributed by atoms with Gasteiger partial charge < -0.3 is 5.32 Å². The molecule has 0 fully saturated rings. The Morgan fingerprint density at radius 3 is 2.75 bits per heavy atom. The maximum Gasteiger partial charge on any atom is 0.326 e. The van der Waals surface area contributed by atoms with Gasteiger partial charge in [0.15, 0.2) is 0 Å². The van der Waals surface area contributed by atoms with Gasteiger partial charge in [0.05, 0.1) is 6.04 Å². The summed E-state index contributed by atoms with van der Waals surface area (Å²) in [7, 11) is 0. The van der Waals surface area contributed by atoms with E-state index >= 15 is 0 Å². The van der Waals surface area contributed by atoms with E-state index in [2.05, 4.69) is 48.6 Å². The zero-order valence-corrected chi connectivity index (χ0v) is 13.5. The van der Waals surface area contributed by atoms with E-state index in [1.54, 1.807) is 0 Å². The molecule has 0 spiro atoms. The van der Waals surface area contributed by atoms with Crippen molar-refractivity contribution >= 4 is 40.3 Å². The molecule has 0 aliphatic heterocycles. The summed E-state index contributed by atoms with van der Waals surface area (Å²) in [4.78, 5) is 13.3. The van der Waals surface area contributed by atoms with E-state index in [9.17, 15) is 4.79 Å². The van der Waals surface area contributed by atoms with Gasteiger partial charge in [0.1, 0.15) is 0 Å². The van der Waals surface area contributed by atoms with Crippen LogP contribution in [0.25, 0.3) is 0 Å². The van der Waals surface area contributed by atoms with Crippen molar-refractivity contribution in [2.75, 3.05) is 10.6 Å². The molecule has 0 atom stereocenters. The summed E-state index contributed by atoms with van der Waals surface area (Å²) in [5.74, 6) is 0.180. The van der Waals surface area contributed by atoms with Gasteiger partial charge in [-0.1, -0.05) is 11.2 Å². The molecule has 0 saturated heterocycles. The Bertz CT molecular complexity index is 624. The molecule has 8 heteroatoms. The number of tetrazole rings is 1. The molecule has 0 bridgehead atoms. The quantitative estimate of drug-likeness (QED) is 0.795. The summed E-state index contributed by atoms with van der Waals surface area (Å²) < 4.78 is 1.09. The second-order valence-corrected chi connectivity index (χ2v) is 5.68. The second-order valence-electron chi connectivity index (χ2n) is 4.52. The first-order chi connectivity index (χ1) is 9.47. The van der Waals surface area contributed by atoms with Crippen molar-refractivity contribution in [2.24, 2.45) is 0 Å². The molecule has 1 aromatic heterocycles. The van der Waals surface area contributed by atoms with E-state index in [1.165, 1.54) is 4.80 Å². The monoisotopic (exact) mass is 386 g/mol. The second kappa shape index (κ2) is 6.16. The number of nitrogens with zero attached hydrogens (tertiary/aromatic N) is 4. The number of anilines is 2. The number of carbonyl (C=O) groups excluding carboxylic acids is 1. The molecule has 1 aromatic carbocycles. The molecule has 0 aliphatic rings. The van der Waals surface area contributed by atoms with Crippen LogP contribution < -0.4 is 10.6 Å². The van der Waals surface area contributed by atoms with E-state index in [-0.39, 0.29) is 12.0 Å². The summed E-state index contributed by atoms with van der Waals surface area (Å²) in [6.45, 7) is 5.81. The lowest BCUT2D eigenvalue weighted by atomic mass is 10.2. The molecular formula is C12H15IN6O. The summed E-state index contributed by atoms with van der Waals surface area (Å²) in [6, 6.07) is 5.42. The molecular weight excluding hydrogens is 371 g/mol. The fraction of sp³-hybridized carbons (Fsp3) is 0.333. The zero-order chi connectivity index (χ0) is 14.7. The predicted molar refractivity (Wildman–Crippen MR) is 84.7 cm³/mol. The highest BCUT2D eigenvalue weighted by molar-refractivity contribution is 14.1. The maximum atomic E-state index is 11.9. The van der Waals surface area contributed by atoms with Crippen LogP contribution in [0.15, 0.2) is 18.2 Å². The SMILES string of the molecule is Cc1c(I)cccc1NC(=O)Nc1nnn(C(C)C)n1. The van der Waals surface area contributed by atoms with Crippen molar-refractivity contribution in [3.8, 4) is 0 Å². The Labute approximate surface area is 130 Å². The summed E-state index contributed by atoms with van der Waals surface area (Å²) in [6.07, 6.45) is 0. The Hall–Kier alpha value is -1.71. The Morgan fingerprint density at radius 1 is 1.35 bits per heavy atom. The minimum Gasteiger partial charge on any atom is -0.307 e. The lowest BCUT2D eigenvalue weighted by molar-refractivity contribution is 0.262. The van der Waals surface area contributed by atoms with Gasteiger partial charge in [-0.15, -0.1) is 5.10 Å². The molecule has 106 valence electrons. The fourth-order valence-electron chi connectivity index (χ4n) is 1.49. The van der Waals surface area contributed by atoms with Crippen LogP contribution in [0.3, 0.4) is 0 Å². The molecule has 0 saturated carbocycles. The molecule has 7 nitrogen and oxygen atoms in total. The Balaban J connectivity index is 2.03. The van der Waals surface area contributed by atoms with Crippen molar-refractivity contribution in [1.82, 2.24) is 20.2 Å². The lowest BCUT2D eigenvalue weighted by Gasteiger charge is -2.09. The van der Waals surface area contributed by atoms with Gasteiger partial charge in [0, 0.05) is 9.26 Å². The largest absolute Gasteiger partial charge is 0.326 e. The highest BCUT2D eigenvalue weighted by Crippen LogP contribution is 2.20. The number of halogens is 1. The Morgan fingerprint density at radius 2 is 2.10 bits per heavy atom. The summed E-state index contributed by atoms with van der Waals surface area (Å²) in [5.41, 5.74) is 1.77. The van der Waals surface area contributed by atoms with Gasteiger partial charge in [-0.25, -0.2) is 4.79 Å². The number of urea groups is 1. The third-order valence-electron chi connectivity index (χ3n) is 2.63. The van der Waals surface area contributed by atoms with Crippen LogP contribution in [0.2, 0.25) is 0 Å². The molecule has 2 rings (SSSR count). The molecule has 0 unspecified atom stereocenters. The van der Waals surface area contributed by atoms with E-state index < -0.39 is 6.03 Å². The van der Waals surface area contributed by atoms with E-state index in [0.717, 1.165) is 14.8 Å². The molecule has 2 aromatic rings. The number of hydrogen-bond acceptors (Lipinski definition) is 4. The van der Waals surface area contributed by atoms with Crippen LogP contribution in [0, 0.1) is 10.5 Å². The molecule has 0 radical (unpaired) electrons. The smallest absolute Gasteiger partial charge is 0.307 e. The topological polar surface area (TPSA) is 84.7 Å². The third-order valence-corrected chi connectivity index (χ3v) is 3.80. The van der Waals surface area contributed by atoms with Gasteiger partial charge in [-0.2, -0.15) is 4.80 Å². The lowest BCUT2D eigenvalue weighted by Crippen LogP contribution is -2.21. The standard InChI is InChI=1S/C12H15IN6O/c1-7(2)19-17-11(16-18-19)15-12(20)14-10-6-4-5-9(13)8(10)3/h4-7H,1-3H3,(H2,14,15,17,20). The number of hydrogen-bond donors (Lipinski definition) is 2.